The molecule has 0 heterocycles. The second-order valence-electron chi connectivity index (χ2n) is 2.52. The van der Waals surface area contributed by atoms with Gasteiger partial charge in [0.2, 0.25) is 10.0 Å². The predicted octanol–water partition coefficient (Wildman–Crippen LogP) is -1.12. The van der Waals surface area contributed by atoms with Crippen molar-refractivity contribution in [3.05, 3.63) is 12.7 Å². The van der Waals surface area contributed by atoms with Gasteiger partial charge in [0.15, 0.2) is 5.75 Å². The fourth-order valence-electron chi connectivity index (χ4n) is 0.847. The number of rotatable bonds is 7. The van der Waals surface area contributed by atoms with E-state index in [1.165, 1.54) is 6.08 Å². The molecule has 0 aromatic carbocycles. The maximum Gasteiger partial charge on any atom is 0.320 e. The Balaban J connectivity index is 4.61. The highest BCUT2D eigenvalue weighted by atomic mass is 32.2. The molecule has 2 N–H and O–H groups in total. The quantitative estimate of drug-likeness (QED) is 0.533. The molecule has 82 valence electrons. The van der Waals surface area contributed by atoms with Crippen LogP contribution < -0.4 is 0 Å². The molecule has 0 spiro atoms. The van der Waals surface area contributed by atoms with Crippen molar-refractivity contribution in [3.8, 4) is 0 Å². The van der Waals surface area contributed by atoms with Crippen molar-refractivity contribution in [1.29, 1.82) is 0 Å². The first-order valence-electron chi connectivity index (χ1n) is 3.85. The van der Waals surface area contributed by atoms with Crippen LogP contribution in [-0.2, 0) is 14.8 Å². The van der Waals surface area contributed by atoms with E-state index < -0.39 is 21.7 Å². The monoisotopic (exact) mass is 223 g/mol. The molecular weight excluding hydrogens is 210 g/mol. The third kappa shape index (κ3) is 4.35. The number of aliphatic hydroxyl groups is 1. The number of nitrogens with zero attached hydrogens (tertiary/aromatic N) is 1. The lowest BCUT2D eigenvalue weighted by Gasteiger charge is -2.17. The molecule has 0 aliphatic rings. The van der Waals surface area contributed by atoms with Crippen LogP contribution in [0.3, 0.4) is 0 Å². The van der Waals surface area contributed by atoms with Gasteiger partial charge in [-0.25, -0.2) is 8.42 Å². The van der Waals surface area contributed by atoms with Gasteiger partial charge in [-0.1, -0.05) is 6.08 Å². The van der Waals surface area contributed by atoms with Crippen LogP contribution in [0.4, 0.5) is 0 Å². The van der Waals surface area contributed by atoms with Crippen molar-refractivity contribution in [2.45, 2.75) is 0 Å². The van der Waals surface area contributed by atoms with Gasteiger partial charge in [-0.2, -0.15) is 4.31 Å². The Morgan fingerprint density at radius 3 is 2.43 bits per heavy atom. The van der Waals surface area contributed by atoms with Gasteiger partial charge in [-0.05, 0) is 0 Å². The molecule has 0 aromatic heterocycles. The van der Waals surface area contributed by atoms with Gasteiger partial charge >= 0.3 is 5.97 Å². The Labute approximate surface area is 82.5 Å². The zero-order valence-electron chi connectivity index (χ0n) is 7.59. The average molecular weight is 223 g/mol. The lowest BCUT2D eigenvalue weighted by molar-refractivity contribution is -0.134. The zero-order chi connectivity index (χ0) is 11.2. The van der Waals surface area contributed by atoms with Crippen molar-refractivity contribution >= 4 is 16.0 Å². The van der Waals surface area contributed by atoms with Gasteiger partial charge in [-0.15, -0.1) is 6.58 Å². The maximum atomic E-state index is 11.3. The van der Waals surface area contributed by atoms with E-state index in [0.29, 0.717) is 0 Å². The molecule has 0 fully saturated rings. The second-order valence-corrected chi connectivity index (χ2v) is 4.49. The summed E-state index contributed by atoms with van der Waals surface area (Å²) in [7, 11) is -3.84. The van der Waals surface area contributed by atoms with Crippen molar-refractivity contribution in [2.24, 2.45) is 0 Å². The second kappa shape index (κ2) is 5.74. The normalized spacial score (nSPS) is 11.6. The summed E-state index contributed by atoms with van der Waals surface area (Å²) in [6.45, 7) is 2.86. The molecule has 6 nitrogen and oxygen atoms in total. The molecule has 0 rings (SSSR count). The molecule has 0 bridgehead atoms. The smallest absolute Gasteiger partial charge is 0.320 e. The van der Waals surface area contributed by atoms with Crippen molar-refractivity contribution < 1.29 is 23.4 Å². The van der Waals surface area contributed by atoms with Crippen molar-refractivity contribution in [1.82, 2.24) is 4.31 Å². The van der Waals surface area contributed by atoms with E-state index in [1.54, 1.807) is 0 Å². The highest BCUT2D eigenvalue weighted by Gasteiger charge is 2.23. The first kappa shape index (κ1) is 13.1. The van der Waals surface area contributed by atoms with Crippen LogP contribution in [0, 0.1) is 0 Å². The van der Waals surface area contributed by atoms with E-state index >= 15 is 0 Å². The molecule has 0 saturated carbocycles. The SMILES string of the molecule is C=CCN(CCO)S(=O)(=O)CC(=O)O. The molecule has 0 saturated heterocycles. The van der Waals surface area contributed by atoms with Gasteiger partial charge < -0.3 is 10.2 Å². The summed E-state index contributed by atoms with van der Waals surface area (Å²) in [5.41, 5.74) is 0. The molecule has 14 heavy (non-hydrogen) atoms. The van der Waals surface area contributed by atoms with Crippen LogP contribution in [0.25, 0.3) is 0 Å². The Kier molecular flexibility index (Phi) is 5.36. The van der Waals surface area contributed by atoms with Crippen LogP contribution in [0.1, 0.15) is 0 Å². The summed E-state index contributed by atoms with van der Waals surface area (Å²) in [4.78, 5) is 10.2. The van der Waals surface area contributed by atoms with Crippen LogP contribution in [0.2, 0.25) is 0 Å². The number of aliphatic carboxylic acids is 1. The van der Waals surface area contributed by atoms with Crippen LogP contribution in [0.15, 0.2) is 12.7 Å². The number of carboxylic acid groups (broad SMARTS) is 1. The Hall–Kier alpha value is -0.920. The van der Waals surface area contributed by atoms with E-state index in [9.17, 15) is 13.2 Å². The minimum absolute atomic E-state index is 0.00380. The molecule has 0 radical (unpaired) electrons. The zero-order valence-corrected chi connectivity index (χ0v) is 8.40. The molecular formula is C7H13NO5S. The maximum absolute atomic E-state index is 11.3. The number of hydrogen-bond donors (Lipinski definition) is 2. The fourth-order valence-corrected chi connectivity index (χ4v) is 2.03. The average Bonchev–Trinajstić information content (AvgIpc) is 2.01. The van der Waals surface area contributed by atoms with Gasteiger partial charge in [0.25, 0.3) is 0 Å². The molecule has 0 aliphatic heterocycles. The van der Waals surface area contributed by atoms with Crippen molar-refractivity contribution in [3.63, 3.8) is 0 Å². The van der Waals surface area contributed by atoms with E-state index in [0.717, 1.165) is 4.31 Å². The summed E-state index contributed by atoms with van der Waals surface area (Å²) in [5.74, 6) is -2.39. The molecule has 0 amide bonds. The number of aliphatic hydroxyl groups excluding tert-OH is 1. The lowest BCUT2D eigenvalue weighted by Crippen LogP contribution is -2.37. The number of carboxylic acids is 1. The topological polar surface area (TPSA) is 94.9 Å². The highest BCUT2D eigenvalue weighted by molar-refractivity contribution is 7.89. The number of carbonyl (C=O) groups is 1. The number of sulfonamides is 1. The van der Waals surface area contributed by atoms with Crippen LogP contribution in [0.5, 0.6) is 0 Å². The summed E-state index contributed by atoms with van der Waals surface area (Å²) in [6, 6.07) is 0. The highest BCUT2D eigenvalue weighted by Crippen LogP contribution is 2.00. The largest absolute Gasteiger partial charge is 0.480 e. The van der Waals surface area contributed by atoms with Gasteiger partial charge in [0, 0.05) is 13.1 Å². The van der Waals surface area contributed by atoms with E-state index in [-0.39, 0.29) is 19.7 Å². The van der Waals surface area contributed by atoms with E-state index in [4.69, 9.17) is 10.2 Å². The first-order valence-corrected chi connectivity index (χ1v) is 5.46. The summed E-state index contributed by atoms with van der Waals surface area (Å²) in [5, 5.41) is 16.9. The Morgan fingerprint density at radius 2 is 2.07 bits per heavy atom. The van der Waals surface area contributed by atoms with Crippen LogP contribution in [-0.4, -0.2) is 54.4 Å². The van der Waals surface area contributed by atoms with Gasteiger partial charge in [0.05, 0.1) is 6.61 Å². The minimum Gasteiger partial charge on any atom is -0.480 e. The minimum atomic E-state index is -3.84. The Bertz CT molecular complexity index is 297. The van der Waals surface area contributed by atoms with Gasteiger partial charge in [-0.3, -0.25) is 4.79 Å². The fraction of sp³-hybridized carbons (Fsp3) is 0.571. The lowest BCUT2D eigenvalue weighted by atomic mass is 10.6. The van der Waals surface area contributed by atoms with Gasteiger partial charge in [0.1, 0.15) is 0 Å². The third-order valence-corrected chi connectivity index (χ3v) is 3.11. The molecule has 0 aromatic rings. The van der Waals surface area contributed by atoms with E-state index in [1.807, 2.05) is 0 Å². The molecule has 7 heteroatoms. The molecule has 0 atom stereocenters. The van der Waals surface area contributed by atoms with Crippen molar-refractivity contribution in [2.75, 3.05) is 25.4 Å². The first-order chi connectivity index (χ1) is 6.44. The number of hydrogen-bond acceptors (Lipinski definition) is 4. The molecule has 0 unspecified atom stereocenters. The summed E-state index contributed by atoms with van der Waals surface area (Å²) in [6.07, 6.45) is 1.33. The van der Waals surface area contributed by atoms with E-state index in [2.05, 4.69) is 6.58 Å². The summed E-state index contributed by atoms with van der Waals surface area (Å²) >= 11 is 0. The predicted molar refractivity (Wildman–Crippen MR) is 50.3 cm³/mol. The third-order valence-electron chi connectivity index (χ3n) is 1.38. The van der Waals surface area contributed by atoms with Crippen LogP contribution >= 0.6 is 0 Å². The summed E-state index contributed by atoms with van der Waals surface area (Å²) < 4.78 is 23.5. The standard InChI is InChI=1S/C7H13NO5S/c1-2-3-8(4-5-9)14(12,13)6-7(10)11/h2,9H,1,3-6H2,(H,10,11). The Morgan fingerprint density at radius 1 is 1.50 bits per heavy atom. The molecule has 0 aliphatic carbocycles.